The number of anilines is 1. The van der Waals surface area contributed by atoms with Crippen molar-refractivity contribution in [1.29, 1.82) is 5.26 Å². The lowest BCUT2D eigenvalue weighted by molar-refractivity contribution is -0.128. The number of allylic oxidation sites excluding steroid dienone is 1. The highest BCUT2D eigenvalue weighted by Gasteiger charge is 2.30. The number of nitrogens with two attached hydrogens (primary N) is 1. The predicted octanol–water partition coefficient (Wildman–Crippen LogP) is 4.92. The minimum Gasteiger partial charge on any atom is -0.439 e. The maximum atomic E-state index is 13.2. The van der Waals surface area contributed by atoms with Crippen molar-refractivity contribution < 1.29 is 9.53 Å². The molecule has 0 aliphatic carbocycles. The molecule has 10 nitrogen and oxygen atoms in total. The van der Waals surface area contributed by atoms with E-state index in [2.05, 4.69) is 21.0 Å². The second-order valence-electron chi connectivity index (χ2n) is 10.6. The second kappa shape index (κ2) is 10.5. The Morgan fingerprint density at radius 2 is 1.95 bits per heavy atom. The van der Waals surface area contributed by atoms with E-state index in [9.17, 15) is 10.1 Å². The van der Waals surface area contributed by atoms with Gasteiger partial charge in [0.15, 0.2) is 5.65 Å². The van der Waals surface area contributed by atoms with Gasteiger partial charge in [-0.15, -0.1) is 0 Å². The first-order valence-electron chi connectivity index (χ1n) is 12.8. The fourth-order valence-electron chi connectivity index (χ4n) is 4.73. The number of likely N-dealkylation sites (tertiary alicyclic amines) is 1. The Bertz CT molecular complexity index is 1560. The zero-order chi connectivity index (χ0) is 27.6. The molecule has 0 spiro atoms. The Hall–Kier alpha value is -4.78. The van der Waals surface area contributed by atoms with Crippen LogP contribution in [0.2, 0.25) is 0 Å². The Labute approximate surface area is 226 Å². The monoisotopic (exact) mass is 522 g/mol. The molecule has 0 bridgehead atoms. The summed E-state index contributed by atoms with van der Waals surface area (Å²) in [6.45, 7) is 6.88. The van der Waals surface area contributed by atoms with Crippen LogP contribution < -0.4 is 10.5 Å². The number of nitriles is 1. The van der Waals surface area contributed by atoms with Crippen molar-refractivity contribution in [1.82, 2.24) is 29.6 Å². The van der Waals surface area contributed by atoms with Gasteiger partial charge in [0.2, 0.25) is 5.88 Å². The highest BCUT2D eigenvalue weighted by molar-refractivity contribution is 5.98. The fourth-order valence-corrected chi connectivity index (χ4v) is 4.73. The molecule has 10 heteroatoms. The van der Waals surface area contributed by atoms with Crippen molar-refractivity contribution in [2.45, 2.75) is 39.7 Å². The molecule has 1 atom stereocenters. The number of ether oxygens (including phenoxy) is 1. The standard InChI is InChI=1S/C29H30N8O2/c1-29(2,3)14-20(15-30)28(38)36-13-7-8-21(17-36)37-27-24(26(31)33-18-34-27)25(35-37)19-11-12-23(32-16-19)39-22-9-5-4-6-10-22/h4-6,9-12,14,16,18,21H,7-8,13,17H2,1-3H3,(H2,31,33,34)/b20-14+/t21-/m1/s1. The van der Waals surface area contributed by atoms with Crippen LogP contribution >= 0.6 is 0 Å². The molecule has 39 heavy (non-hydrogen) atoms. The van der Waals surface area contributed by atoms with Gasteiger partial charge in [0.05, 0.1) is 11.4 Å². The molecular formula is C29H30N8O2. The number of fused-ring (bicyclic) bond motifs is 1. The number of rotatable bonds is 5. The summed E-state index contributed by atoms with van der Waals surface area (Å²) in [6, 6.07) is 15.0. The first kappa shape index (κ1) is 25.9. The van der Waals surface area contributed by atoms with Crippen molar-refractivity contribution in [3.8, 4) is 29.0 Å². The lowest BCUT2D eigenvalue weighted by Gasteiger charge is -2.33. The summed E-state index contributed by atoms with van der Waals surface area (Å²) in [7, 11) is 0. The van der Waals surface area contributed by atoms with Crippen LogP contribution in [0.5, 0.6) is 11.6 Å². The van der Waals surface area contributed by atoms with Gasteiger partial charge in [0, 0.05) is 30.9 Å². The molecule has 5 rings (SSSR count). The molecule has 1 saturated heterocycles. The van der Waals surface area contributed by atoms with Gasteiger partial charge >= 0.3 is 0 Å². The van der Waals surface area contributed by atoms with Crippen LogP contribution in [0.4, 0.5) is 5.82 Å². The van der Waals surface area contributed by atoms with Gasteiger partial charge in [-0.25, -0.2) is 19.6 Å². The molecule has 1 aliphatic rings. The van der Waals surface area contributed by atoms with Gasteiger partial charge in [-0.3, -0.25) is 4.79 Å². The largest absolute Gasteiger partial charge is 0.439 e. The maximum Gasteiger partial charge on any atom is 0.264 e. The van der Waals surface area contributed by atoms with Crippen molar-refractivity contribution in [2.24, 2.45) is 5.41 Å². The number of aromatic nitrogens is 5. The number of nitrogens with zero attached hydrogens (tertiary/aromatic N) is 7. The molecule has 4 heterocycles. The van der Waals surface area contributed by atoms with E-state index in [1.807, 2.05) is 61.9 Å². The number of hydrogen-bond donors (Lipinski definition) is 1. The number of carbonyl (C=O) groups is 1. The average Bonchev–Trinajstić information content (AvgIpc) is 3.33. The van der Waals surface area contributed by atoms with Crippen LogP contribution in [-0.4, -0.2) is 48.6 Å². The second-order valence-corrected chi connectivity index (χ2v) is 10.6. The third kappa shape index (κ3) is 5.57. The maximum absolute atomic E-state index is 13.2. The third-order valence-electron chi connectivity index (χ3n) is 6.45. The zero-order valence-corrected chi connectivity index (χ0v) is 22.2. The molecule has 1 fully saturated rings. The zero-order valence-electron chi connectivity index (χ0n) is 22.2. The molecule has 1 aromatic carbocycles. The number of nitrogen functional groups attached to an aromatic ring is 1. The van der Waals surface area contributed by atoms with Crippen LogP contribution in [0.3, 0.4) is 0 Å². The van der Waals surface area contributed by atoms with Gasteiger partial charge in [-0.05, 0) is 36.5 Å². The van der Waals surface area contributed by atoms with E-state index in [-0.39, 0.29) is 22.9 Å². The quantitative estimate of drug-likeness (QED) is 0.288. The number of piperidine rings is 1. The van der Waals surface area contributed by atoms with Crippen LogP contribution in [-0.2, 0) is 4.79 Å². The summed E-state index contributed by atoms with van der Waals surface area (Å²) in [4.78, 5) is 28.1. The topological polar surface area (TPSA) is 136 Å². The summed E-state index contributed by atoms with van der Waals surface area (Å²) in [5.41, 5.74) is 8.11. The summed E-state index contributed by atoms with van der Waals surface area (Å²) in [5.74, 6) is 1.20. The van der Waals surface area contributed by atoms with Crippen LogP contribution in [0, 0.1) is 16.7 Å². The molecule has 2 N–H and O–H groups in total. The SMILES string of the molecule is CC(C)(C)/C=C(\C#N)C(=O)N1CCC[C@@H](n2nc(-c3ccc(Oc4ccccc4)nc3)c3c(N)ncnc32)C1. The Kier molecular flexibility index (Phi) is 6.98. The van der Waals surface area contributed by atoms with Crippen LogP contribution in [0.25, 0.3) is 22.3 Å². The van der Waals surface area contributed by atoms with E-state index in [0.717, 1.165) is 18.4 Å². The number of carbonyl (C=O) groups excluding carboxylic acids is 1. The Morgan fingerprint density at radius 3 is 2.64 bits per heavy atom. The highest BCUT2D eigenvalue weighted by atomic mass is 16.5. The smallest absolute Gasteiger partial charge is 0.264 e. The summed E-state index contributed by atoms with van der Waals surface area (Å²) >= 11 is 0. The Balaban J connectivity index is 1.46. The van der Waals surface area contributed by atoms with Crippen molar-refractivity contribution in [2.75, 3.05) is 18.8 Å². The molecule has 3 aromatic heterocycles. The van der Waals surface area contributed by atoms with Crippen LogP contribution in [0.15, 0.2) is 66.6 Å². The molecule has 0 saturated carbocycles. The van der Waals surface area contributed by atoms with Crippen LogP contribution in [0.1, 0.15) is 39.7 Å². The van der Waals surface area contributed by atoms with Gasteiger partial charge in [-0.1, -0.05) is 45.0 Å². The number of amides is 1. The van der Waals surface area contributed by atoms with E-state index in [4.69, 9.17) is 15.6 Å². The normalized spacial score (nSPS) is 16.2. The predicted molar refractivity (Wildman–Crippen MR) is 147 cm³/mol. The molecule has 0 radical (unpaired) electrons. The molecule has 0 unspecified atom stereocenters. The minimum atomic E-state index is -0.285. The molecule has 1 amide bonds. The fraction of sp³-hybridized carbons (Fsp3) is 0.310. The number of hydrogen-bond acceptors (Lipinski definition) is 8. The average molecular weight is 523 g/mol. The van der Waals surface area contributed by atoms with E-state index in [1.54, 1.807) is 23.2 Å². The number of para-hydroxylation sites is 1. The van der Waals surface area contributed by atoms with Crippen molar-refractivity contribution in [3.63, 3.8) is 0 Å². The summed E-state index contributed by atoms with van der Waals surface area (Å²) in [6.07, 6.45) is 6.41. The van der Waals surface area contributed by atoms with Gasteiger partial charge in [0.25, 0.3) is 5.91 Å². The van der Waals surface area contributed by atoms with Gasteiger partial charge in [0.1, 0.15) is 35.2 Å². The van der Waals surface area contributed by atoms with E-state index in [1.165, 1.54) is 6.33 Å². The van der Waals surface area contributed by atoms with E-state index >= 15 is 0 Å². The first-order chi connectivity index (χ1) is 18.7. The Morgan fingerprint density at radius 1 is 1.15 bits per heavy atom. The number of benzene rings is 1. The highest BCUT2D eigenvalue weighted by Crippen LogP contribution is 2.34. The van der Waals surface area contributed by atoms with Crippen molar-refractivity contribution in [3.05, 3.63) is 66.6 Å². The summed E-state index contributed by atoms with van der Waals surface area (Å²) < 4.78 is 7.65. The number of pyridine rings is 1. The molecular weight excluding hydrogens is 492 g/mol. The first-order valence-corrected chi connectivity index (χ1v) is 12.8. The van der Waals surface area contributed by atoms with Gasteiger partial charge in [-0.2, -0.15) is 10.4 Å². The van der Waals surface area contributed by atoms with E-state index < -0.39 is 0 Å². The lowest BCUT2D eigenvalue weighted by Crippen LogP contribution is -2.41. The summed E-state index contributed by atoms with van der Waals surface area (Å²) in [5, 5.41) is 15.2. The molecule has 198 valence electrons. The van der Waals surface area contributed by atoms with Gasteiger partial charge < -0.3 is 15.4 Å². The molecule has 1 aliphatic heterocycles. The molecule has 4 aromatic rings. The minimum absolute atomic E-state index is 0.142. The lowest BCUT2D eigenvalue weighted by atomic mass is 9.93. The van der Waals surface area contributed by atoms with Crippen molar-refractivity contribution >= 4 is 22.8 Å². The third-order valence-corrected chi connectivity index (χ3v) is 6.45. The van der Waals surface area contributed by atoms with E-state index in [0.29, 0.717) is 47.3 Å².